The van der Waals surface area contributed by atoms with Crippen molar-refractivity contribution in [3.05, 3.63) is 11.1 Å². The first-order chi connectivity index (χ1) is 10.3. The number of nitrogens with zero attached hydrogens (tertiary/aromatic N) is 4. The fourth-order valence-electron chi connectivity index (χ4n) is 3.34. The van der Waals surface area contributed by atoms with Crippen molar-refractivity contribution in [3.63, 3.8) is 0 Å². The van der Waals surface area contributed by atoms with Gasteiger partial charge in [-0.2, -0.15) is 0 Å². The SMILES string of the molecule is O=C1OC[C@@H]2CN(Cc3cnc(N4CCCC4)s3)CCN12. The van der Waals surface area contributed by atoms with Gasteiger partial charge in [-0.15, -0.1) is 11.3 Å². The number of piperazine rings is 1. The first kappa shape index (κ1) is 13.3. The first-order valence-electron chi connectivity index (χ1n) is 7.65. The van der Waals surface area contributed by atoms with E-state index in [2.05, 4.69) is 14.8 Å². The second-order valence-electron chi connectivity index (χ2n) is 5.96. The highest BCUT2D eigenvalue weighted by Gasteiger charge is 2.37. The fourth-order valence-corrected chi connectivity index (χ4v) is 4.35. The van der Waals surface area contributed by atoms with Crippen LogP contribution in [0.3, 0.4) is 0 Å². The first-order valence-corrected chi connectivity index (χ1v) is 8.46. The predicted molar refractivity (Wildman–Crippen MR) is 80.7 cm³/mol. The lowest BCUT2D eigenvalue weighted by atomic mass is 10.2. The molecule has 21 heavy (non-hydrogen) atoms. The molecule has 0 bridgehead atoms. The number of aromatic nitrogens is 1. The molecular formula is C14H20N4O2S. The Balaban J connectivity index is 1.37. The van der Waals surface area contributed by atoms with Gasteiger partial charge in [0.05, 0.1) is 6.04 Å². The number of carbonyl (C=O) groups excluding carboxylic acids is 1. The van der Waals surface area contributed by atoms with Crippen molar-refractivity contribution in [3.8, 4) is 0 Å². The average Bonchev–Trinajstić information content (AvgIpc) is 3.20. The van der Waals surface area contributed by atoms with Crippen LogP contribution in [0.1, 0.15) is 17.7 Å². The summed E-state index contributed by atoms with van der Waals surface area (Å²) >= 11 is 1.81. The van der Waals surface area contributed by atoms with Crippen LogP contribution < -0.4 is 4.90 Å². The van der Waals surface area contributed by atoms with Crippen LogP contribution in [0, 0.1) is 0 Å². The molecule has 1 amide bonds. The van der Waals surface area contributed by atoms with Crippen molar-refractivity contribution in [2.24, 2.45) is 0 Å². The summed E-state index contributed by atoms with van der Waals surface area (Å²) in [6.45, 7) is 6.37. The van der Waals surface area contributed by atoms with Crippen molar-refractivity contribution in [1.29, 1.82) is 0 Å². The van der Waals surface area contributed by atoms with Crippen LogP contribution in [0.25, 0.3) is 0 Å². The second kappa shape index (κ2) is 5.46. The maximum Gasteiger partial charge on any atom is 0.410 e. The molecule has 3 aliphatic heterocycles. The molecule has 1 aromatic rings. The molecule has 6 nitrogen and oxygen atoms in total. The summed E-state index contributed by atoms with van der Waals surface area (Å²) in [4.78, 5) is 24.0. The monoisotopic (exact) mass is 308 g/mol. The van der Waals surface area contributed by atoms with Crippen molar-refractivity contribution in [1.82, 2.24) is 14.8 Å². The number of hydrogen-bond acceptors (Lipinski definition) is 6. The molecule has 0 unspecified atom stereocenters. The summed E-state index contributed by atoms with van der Waals surface area (Å²) in [6, 6.07) is 0.234. The third-order valence-electron chi connectivity index (χ3n) is 4.50. The molecule has 0 spiro atoms. The van der Waals surface area contributed by atoms with Crippen LogP contribution in [0.15, 0.2) is 6.20 Å². The molecule has 4 rings (SSSR count). The van der Waals surface area contributed by atoms with E-state index in [4.69, 9.17) is 4.74 Å². The minimum atomic E-state index is -0.145. The van der Waals surface area contributed by atoms with E-state index in [0.717, 1.165) is 39.3 Å². The zero-order valence-corrected chi connectivity index (χ0v) is 12.8. The number of amides is 1. The van der Waals surface area contributed by atoms with Crippen molar-refractivity contribution < 1.29 is 9.53 Å². The molecule has 1 atom stereocenters. The van der Waals surface area contributed by atoms with E-state index < -0.39 is 0 Å². The zero-order valence-electron chi connectivity index (χ0n) is 12.0. The third-order valence-corrected chi connectivity index (χ3v) is 5.54. The van der Waals surface area contributed by atoms with E-state index in [1.165, 1.54) is 22.9 Å². The van der Waals surface area contributed by atoms with E-state index in [0.29, 0.717) is 6.61 Å². The Bertz CT molecular complexity index is 529. The molecule has 114 valence electrons. The highest BCUT2D eigenvalue weighted by atomic mass is 32.1. The van der Waals surface area contributed by atoms with Crippen LogP contribution >= 0.6 is 11.3 Å². The second-order valence-corrected chi connectivity index (χ2v) is 7.06. The maximum absolute atomic E-state index is 11.5. The van der Waals surface area contributed by atoms with E-state index in [9.17, 15) is 4.79 Å². The van der Waals surface area contributed by atoms with Crippen LogP contribution in [0.4, 0.5) is 9.93 Å². The standard InChI is InChI=1S/C14H20N4O2S/c19-14-18-6-5-16(8-11(18)10-20-14)9-12-7-15-13(21-12)17-3-1-2-4-17/h7,11H,1-6,8-10H2/t11-/m0/s1. The number of ether oxygens (including phenoxy) is 1. The number of carbonyl (C=O) groups is 1. The number of thiazole rings is 1. The van der Waals surface area contributed by atoms with Crippen molar-refractivity contribution >= 4 is 22.6 Å². The minimum Gasteiger partial charge on any atom is -0.447 e. The van der Waals surface area contributed by atoms with Crippen LogP contribution in [0.5, 0.6) is 0 Å². The van der Waals surface area contributed by atoms with Crippen LogP contribution in [0.2, 0.25) is 0 Å². The van der Waals surface area contributed by atoms with Crippen LogP contribution in [-0.4, -0.2) is 66.2 Å². The topological polar surface area (TPSA) is 48.9 Å². The van der Waals surface area contributed by atoms with Gasteiger partial charge in [-0.1, -0.05) is 0 Å². The van der Waals surface area contributed by atoms with Gasteiger partial charge in [0.1, 0.15) is 6.61 Å². The molecule has 0 aromatic carbocycles. The van der Waals surface area contributed by atoms with Gasteiger partial charge in [0.25, 0.3) is 0 Å². The van der Waals surface area contributed by atoms with Crippen LogP contribution in [-0.2, 0) is 11.3 Å². The summed E-state index contributed by atoms with van der Waals surface area (Å²) in [5.74, 6) is 0. The Morgan fingerprint density at radius 3 is 3.00 bits per heavy atom. The molecule has 0 saturated carbocycles. The molecule has 3 saturated heterocycles. The van der Waals surface area contributed by atoms with Gasteiger partial charge >= 0.3 is 6.09 Å². The Morgan fingerprint density at radius 2 is 2.14 bits per heavy atom. The van der Waals surface area contributed by atoms with Gasteiger partial charge in [0.2, 0.25) is 0 Å². The lowest BCUT2D eigenvalue weighted by molar-refractivity contribution is 0.116. The lowest BCUT2D eigenvalue weighted by Crippen LogP contribution is -2.51. The van der Waals surface area contributed by atoms with E-state index in [-0.39, 0.29) is 12.1 Å². The normalized spacial score (nSPS) is 26.3. The minimum absolute atomic E-state index is 0.145. The van der Waals surface area contributed by atoms with Gasteiger partial charge in [0.15, 0.2) is 5.13 Å². The Labute approximate surface area is 128 Å². The van der Waals surface area contributed by atoms with Gasteiger partial charge < -0.3 is 9.64 Å². The summed E-state index contributed by atoms with van der Waals surface area (Å²) in [7, 11) is 0. The fraction of sp³-hybridized carbons (Fsp3) is 0.714. The smallest absolute Gasteiger partial charge is 0.410 e. The Hall–Kier alpha value is -1.34. The van der Waals surface area contributed by atoms with E-state index in [1.54, 1.807) is 0 Å². The van der Waals surface area contributed by atoms with Crippen molar-refractivity contribution in [2.45, 2.75) is 25.4 Å². The molecule has 0 N–H and O–H groups in total. The summed E-state index contributed by atoms with van der Waals surface area (Å²) in [6.07, 6.45) is 4.44. The molecule has 0 aliphatic carbocycles. The number of cyclic esters (lactones) is 1. The largest absolute Gasteiger partial charge is 0.447 e. The third kappa shape index (κ3) is 2.60. The van der Waals surface area contributed by atoms with Gasteiger partial charge in [0, 0.05) is 50.3 Å². The van der Waals surface area contributed by atoms with Crippen molar-refractivity contribution in [2.75, 3.05) is 44.2 Å². The molecule has 3 aliphatic rings. The number of fused-ring (bicyclic) bond motifs is 1. The van der Waals surface area contributed by atoms with Gasteiger partial charge in [-0.05, 0) is 12.8 Å². The Kier molecular flexibility index (Phi) is 3.46. The highest BCUT2D eigenvalue weighted by molar-refractivity contribution is 7.15. The average molecular weight is 308 g/mol. The molecule has 4 heterocycles. The zero-order chi connectivity index (χ0) is 14.2. The number of anilines is 1. The molecule has 1 aromatic heterocycles. The molecule has 0 radical (unpaired) electrons. The number of hydrogen-bond donors (Lipinski definition) is 0. The maximum atomic E-state index is 11.5. The van der Waals surface area contributed by atoms with E-state index >= 15 is 0 Å². The summed E-state index contributed by atoms with van der Waals surface area (Å²) < 4.78 is 5.11. The quantitative estimate of drug-likeness (QED) is 0.844. The predicted octanol–water partition coefficient (Wildman–Crippen LogP) is 1.38. The molecular weight excluding hydrogens is 288 g/mol. The van der Waals surface area contributed by atoms with Gasteiger partial charge in [-0.3, -0.25) is 9.80 Å². The number of rotatable bonds is 3. The molecule has 7 heteroatoms. The molecule has 3 fully saturated rings. The Morgan fingerprint density at radius 1 is 1.29 bits per heavy atom. The van der Waals surface area contributed by atoms with E-state index in [1.807, 2.05) is 22.4 Å². The lowest BCUT2D eigenvalue weighted by Gasteiger charge is -2.34. The summed E-state index contributed by atoms with van der Waals surface area (Å²) in [5, 5.41) is 1.17. The van der Waals surface area contributed by atoms with Gasteiger partial charge in [-0.25, -0.2) is 9.78 Å². The highest BCUT2D eigenvalue weighted by Crippen LogP contribution is 2.27. The summed E-state index contributed by atoms with van der Waals surface area (Å²) in [5.41, 5.74) is 0.